The van der Waals surface area contributed by atoms with Crippen LogP contribution in [0.3, 0.4) is 0 Å². The van der Waals surface area contributed by atoms with Crippen molar-refractivity contribution < 1.29 is 0 Å². The third kappa shape index (κ3) is 22.1. The summed E-state index contributed by atoms with van der Waals surface area (Å²) in [6.45, 7) is 15.6. The lowest BCUT2D eigenvalue weighted by Gasteiger charge is -2.06. The summed E-state index contributed by atoms with van der Waals surface area (Å²) in [5.41, 5.74) is 13.6. The molecule has 0 spiro atoms. The van der Waals surface area contributed by atoms with E-state index < -0.39 is 0 Å². The molecule has 0 bridgehead atoms. The lowest BCUT2D eigenvalue weighted by Crippen LogP contribution is -1.99. The standard InChI is InChI=1S/2C17H14N2.C16H13N3.C11H9N3.C5H5N.C4H5N3.C4H4N2.2C2H6/c1-13-18-16(14-8-4-2-5-9-14)12-17(19-13)15-10-6-3-7-11-15;1-13-12-16(14-8-4-2-5-9-14)19-17(18-13)15-10-6-3-7-11-15;1-12-17-15(13-8-4-2-5-9-13)19-16(18-12)14-10-6-3-7-11-14;1-14-9-5-3-2-4-8(9)11-10(14)6-12-7-13-11;1-2-4-6-5-3-1;1-4-6-2-5-3-7-4;1-2-5-4-6-3-1;2*1-2/h2*2-12H,1H3;2-11H,1H3;2-7H,1H3;1-5H;2-3H,1H3;1-4H;2*1-2H3. The maximum atomic E-state index is 4.66. The fourth-order valence-corrected chi connectivity index (χ4v) is 8.77. The minimum Gasteiger partial charge on any atom is -0.341 e. The van der Waals surface area contributed by atoms with Gasteiger partial charge in [0.15, 0.2) is 17.5 Å². The van der Waals surface area contributed by atoms with Crippen molar-refractivity contribution in [2.45, 2.75) is 55.4 Å². The van der Waals surface area contributed by atoms with Crippen LogP contribution in [-0.2, 0) is 7.05 Å². The van der Waals surface area contributed by atoms with Gasteiger partial charge in [-0.3, -0.25) is 4.98 Å². The predicted octanol–water partition coefficient (Wildman–Crippen LogP) is 17.7. The van der Waals surface area contributed by atoms with Crippen molar-refractivity contribution >= 4 is 21.9 Å². The number of nitrogens with zero attached hydrogens (tertiary/aromatic N) is 16. The second-order valence-electron chi connectivity index (χ2n) is 19.6. The van der Waals surface area contributed by atoms with E-state index in [9.17, 15) is 0 Å². The lowest BCUT2D eigenvalue weighted by atomic mass is 10.1. The van der Waals surface area contributed by atoms with Gasteiger partial charge in [-0.1, -0.05) is 234 Å². The first kappa shape index (κ1) is 69.3. The van der Waals surface area contributed by atoms with Gasteiger partial charge < -0.3 is 4.57 Å². The highest BCUT2D eigenvalue weighted by molar-refractivity contribution is 6.05. The van der Waals surface area contributed by atoms with Crippen LogP contribution in [0.15, 0.2) is 299 Å². The van der Waals surface area contributed by atoms with E-state index in [1.807, 2.05) is 257 Å². The fourth-order valence-electron chi connectivity index (χ4n) is 8.77. The van der Waals surface area contributed by atoms with E-state index in [2.05, 4.69) is 128 Å². The molecule has 0 atom stereocenters. The minimum atomic E-state index is 0.715. The van der Waals surface area contributed by atoms with Gasteiger partial charge in [-0.25, -0.2) is 69.8 Å². The normalized spacial score (nSPS) is 9.76. The van der Waals surface area contributed by atoms with Gasteiger partial charge in [0.05, 0.1) is 39.8 Å². The van der Waals surface area contributed by atoms with E-state index in [1.54, 1.807) is 37.2 Å². The van der Waals surface area contributed by atoms with E-state index in [4.69, 9.17) is 0 Å². The maximum Gasteiger partial charge on any atom is 0.163 e. The molecule has 0 amide bonds. The number of aryl methyl sites for hydroxylation is 5. The van der Waals surface area contributed by atoms with Gasteiger partial charge in [0, 0.05) is 76.3 Å². The smallest absolute Gasteiger partial charge is 0.163 e. The Bertz CT molecular complexity index is 3900. The summed E-state index contributed by atoms with van der Waals surface area (Å²) >= 11 is 0. The van der Waals surface area contributed by atoms with Crippen LogP contribution in [0, 0.1) is 27.7 Å². The van der Waals surface area contributed by atoms with Crippen LogP contribution in [0.1, 0.15) is 50.9 Å². The number of aromatic nitrogens is 16. The summed E-state index contributed by atoms with van der Waals surface area (Å²) in [7, 11) is 2.04. The number of pyridine rings is 1. The molecule has 468 valence electrons. The average molecular weight is 1240 g/mol. The molecule has 8 heterocycles. The molecule has 0 aliphatic rings. The number of rotatable bonds is 6. The molecular weight excluding hydrogens is 1160 g/mol. The molecule has 15 aromatic rings. The molecule has 0 fully saturated rings. The van der Waals surface area contributed by atoms with Crippen molar-refractivity contribution in [2.75, 3.05) is 0 Å². The minimum absolute atomic E-state index is 0.715. The monoisotopic (exact) mass is 1240 g/mol. The van der Waals surface area contributed by atoms with Gasteiger partial charge in [-0.15, -0.1) is 0 Å². The summed E-state index contributed by atoms with van der Waals surface area (Å²) in [4.78, 5) is 62.2. The number of hydrogen-bond donors (Lipinski definition) is 0. The first-order valence-electron chi connectivity index (χ1n) is 30.8. The number of para-hydroxylation sites is 1. The zero-order chi connectivity index (χ0) is 66.4. The average Bonchev–Trinajstić information content (AvgIpc) is 1.62. The Balaban J connectivity index is 0.000000160. The molecule has 0 N–H and O–H groups in total. The summed E-state index contributed by atoms with van der Waals surface area (Å²) < 4.78 is 2.12. The van der Waals surface area contributed by atoms with Gasteiger partial charge in [-0.2, -0.15) is 0 Å². The number of hydrogen-bond acceptors (Lipinski definition) is 15. The predicted molar refractivity (Wildman–Crippen MR) is 380 cm³/mol. The third-order valence-corrected chi connectivity index (χ3v) is 13.0. The molecule has 0 aliphatic carbocycles. The molecule has 16 nitrogen and oxygen atoms in total. The second kappa shape index (κ2) is 39.1. The maximum absolute atomic E-state index is 4.66. The Labute approximate surface area is 551 Å². The molecule has 0 saturated heterocycles. The molecule has 0 saturated carbocycles. The topological polar surface area (TPSA) is 198 Å². The molecule has 94 heavy (non-hydrogen) atoms. The van der Waals surface area contributed by atoms with Crippen molar-refractivity contribution in [2.24, 2.45) is 7.05 Å². The molecule has 0 radical (unpaired) electrons. The van der Waals surface area contributed by atoms with E-state index in [0.717, 1.165) is 90.5 Å². The Hall–Kier alpha value is -12.2. The van der Waals surface area contributed by atoms with Crippen molar-refractivity contribution in [1.29, 1.82) is 0 Å². The highest BCUT2D eigenvalue weighted by Crippen LogP contribution is 2.27. The highest BCUT2D eigenvalue weighted by atomic mass is 15.0. The van der Waals surface area contributed by atoms with Crippen LogP contribution in [0.4, 0.5) is 0 Å². The van der Waals surface area contributed by atoms with Crippen LogP contribution in [0.25, 0.3) is 89.9 Å². The zero-order valence-electron chi connectivity index (χ0n) is 54.4. The number of fused-ring (bicyclic) bond motifs is 3. The lowest BCUT2D eigenvalue weighted by molar-refractivity contribution is 0.974. The Morgan fingerprint density at radius 3 is 1.05 bits per heavy atom. The zero-order valence-corrected chi connectivity index (χ0v) is 54.4. The molecule has 15 rings (SSSR count). The Morgan fingerprint density at radius 1 is 0.277 bits per heavy atom. The molecule has 16 heteroatoms. The number of benzene rings is 7. The van der Waals surface area contributed by atoms with Crippen molar-refractivity contribution in [3.05, 3.63) is 322 Å². The van der Waals surface area contributed by atoms with Gasteiger partial charge in [0.1, 0.15) is 42.8 Å². The van der Waals surface area contributed by atoms with Crippen LogP contribution < -0.4 is 0 Å². The molecule has 0 aliphatic heterocycles. The van der Waals surface area contributed by atoms with Crippen molar-refractivity contribution in [3.8, 4) is 67.9 Å². The van der Waals surface area contributed by atoms with Gasteiger partial charge in [-0.05, 0) is 64.1 Å². The van der Waals surface area contributed by atoms with Crippen molar-refractivity contribution in [3.63, 3.8) is 0 Å². The highest BCUT2D eigenvalue weighted by Gasteiger charge is 2.11. The van der Waals surface area contributed by atoms with E-state index in [0.29, 0.717) is 11.6 Å². The van der Waals surface area contributed by atoms with Crippen molar-refractivity contribution in [1.82, 2.24) is 79.3 Å². The fraction of sp³-hybridized carbons (Fsp3) is 0.115. The molecular formula is C78H76N16. The summed E-state index contributed by atoms with van der Waals surface area (Å²) in [5, 5.41) is 1.19. The summed E-state index contributed by atoms with van der Waals surface area (Å²) in [5.74, 6) is 4.49. The van der Waals surface area contributed by atoms with E-state index in [1.165, 1.54) is 29.9 Å². The summed E-state index contributed by atoms with van der Waals surface area (Å²) in [6, 6.07) is 80.3. The largest absolute Gasteiger partial charge is 0.341 e. The van der Waals surface area contributed by atoms with Crippen LogP contribution in [0.5, 0.6) is 0 Å². The second-order valence-corrected chi connectivity index (χ2v) is 19.6. The summed E-state index contributed by atoms with van der Waals surface area (Å²) in [6.07, 6.45) is 14.8. The first-order chi connectivity index (χ1) is 46.3. The quantitative estimate of drug-likeness (QED) is 0.152. The Morgan fingerprint density at radius 2 is 0.660 bits per heavy atom. The van der Waals surface area contributed by atoms with Crippen LogP contribution in [0.2, 0.25) is 0 Å². The first-order valence-corrected chi connectivity index (χ1v) is 30.8. The third-order valence-electron chi connectivity index (χ3n) is 13.0. The SMILES string of the molecule is CC.CC.Cc1cc(-c2ccccc2)nc(-c2ccccc2)n1.Cc1nc(-c2ccccc2)cc(-c2ccccc2)n1.Cc1nc(-c2ccccc2)nc(-c2ccccc2)n1.Cc1ncncn1.Cn1c2ccccc2c2ncncc21.c1ccncc1.c1cncnc1. The van der Waals surface area contributed by atoms with Gasteiger partial charge in [0.2, 0.25) is 0 Å². The van der Waals surface area contributed by atoms with Crippen LogP contribution >= 0.6 is 0 Å². The molecule has 7 aromatic carbocycles. The van der Waals surface area contributed by atoms with Gasteiger partial charge in [0.25, 0.3) is 0 Å². The van der Waals surface area contributed by atoms with Crippen LogP contribution in [-0.4, -0.2) is 79.3 Å². The Kier molecular flexibility index (Phi) is 28.8. The molecule has 8 aromatic heterocycles. The van der Waals surface area contributed by atoms with Gasteiger partial charge >= 0.3 is 0 Å². The van der Waals surface area contributed by atoms with E-state index in [-0.39, 0.29) is 0 Å². The van der Waals surface area contributed by atoms with E-state index >= 15 is 0 Å². The molecule has 0 unspecified atom stereocenters.